The zero-order valence-electron chi connectivity index (χ0n) is 19.2. The van der Waals surface area contributed by atoms with E-state index in [2.05, 4.69) is 30.7 Å². The van der Waals surface area contributed by atoms with Crippen LogP contribution in [-0.4, -0.2) is 65.5 Å². The van der Waals surface area contributed by atoms with Crippen molar-refractivity contribution in [2.75, 3.05) is 37.2 Å². The van der Waals surface area contributed by atoms with Gasteiger partial charge in [0.2, 0.25) is 5.91 Å². The second-order valence-electron chi connectivity index (χ2n) is 7.51. The van der Waals surface area contributed by atoms with Crippen LogP contribution in [0, 0.1) is 0 Å². The number of amides is 1. The SMILES string of the molecule is COCCOc1cc(Nc2cc(NC(C)=O)ncc2-c2cc3ncccn3n2)nc(S(C)(=O)=O)c1. The molecule has 13 heteroatoms. The molecule has 1 amide bonds. The molecule has 0 unspecified atom stereocenters. The number of carbonyl (C=O) groups excluding carboxylic acids is 1. The number of nitrogens with one attached hydrogen (secondary N) is 2. The van der Waals surface area contributed by atoms with Gasteiger partial charge >= 0.3 is 0 Å². The van der Waals surface area contributed by atoms with Crippen molar-refractivity contribution in [1.29, 1.82) is 0 Å². The highest BCUT2D eigenvalue weighted by Gasteiger charge is 2.17. The molecule has 0 aliphatic heterocycles. The average Bonchev–Trinajstić information content (AvgIpc) is 3.22. The van der Waals surface area contributed by atoms with Crippen LogP contribution >= 0.6 is 0 Å². The van der Waals surface area contributed by atoms with E-state index in [0.717, 1.165) is 6.26 Å². The topological polar surface area (TPSA) is 150 Å². The Labute approximate surface area is 201 Å². The third-order valence-electron chi connectivity index (χ3n) is 4.69. The molecule has 0 aliphatic rings. The number of pyridine rings is 2. The van der Waals surface area contributed by atoms with Crippen LogP contribution in [0.25, 0.3) is 16.9 Å². The van der Waals surface area contributed by atoms with Gasteiger partial charge in [-0.2, -0.15) is 5.10 Å². The number of sulfone groups is 1. The van der Waals surface area contributed by atoms with E-state index in [1.807, 2.05) is 0 Å². The number of methoxy groups -OCH3 is 1. The summed E-state index contributed by atoms with van der Waals surface area (Å²) in [7, 11) is -2.09. The van der Waals surface area contributed by atoms with E-state index < -0.39 is 9.84 Å². The first kappa shape index (κ1) is 24.0. The number of nitrogens with zero attached hydrogens (tertiary/aromatic N) is 5. The van der Waals surface area contributed by atoms with Gasteiger partial charge in [-0.25, -0.2) is 27.9 Å². The quantitative estimate of drug-likeness (QED) is 0.330. The maximum absolute atomic E-state index is 12.2. The summed E-state index contributed by atoms with van der Waals surface area (Å²) in [5.41, 5.74) is 2.25. The van der Waals surface area contributed by atoms with Crippen LogP contribution in [0.5, 0.6) is 5.75 Å². The lowest BCUT2D eigenvalue weighted by Gasteiger charge is -2.14. The summed E-state index contributed by atoms with van der Waals surface area (Å²) < 4.78 is 36.7. The van der Waals surface area contributed by atoms with Gasteiger partial charge in [-0.1, -0.05) is 0 Å². The van der Waals surface area contributed by atoms with Crippen LogP contribution in [0.15, 0.2) is 53.9 Å². The van der Waals surface area contributed by atoms with E-state index in [1.54, 1.807) is 47.4 Å². The minimum absolute atomic E-state index is 0.162. The van der Waals surface area contributed by atoms with E-state index in [1.165, 1.54) is 20.1 Å². The average molecular weight is 498 g/mol. The Bertz CT molecular complexity index is 1450. The van der Waals surface area contributed by atoms with Crippen molar-refractivity contribution >= 4 is 38.7 Å². The standard InChI is InChI=1S/C22H23N7O5S/c1-14(30)25-19-11-17(16(13-24-19)18-12-21-23-5-4-6-29(21)28-18)26-20-9-15(34-8-7-33-2)10-22(27-20)35(3,31)32/h4-6,9-13H,7-8H2,1-3H3,(H2,24,25,26,27,30). The molecular formula is C22H23N7O5S. The third kappa shape index (κ3) is 5.88. The summed E-state index contributed by atoms with van der Waals surface area (Å²) in [5, 5.41) is 10.1. The van der Waals surface area contributed by atoms with E-state index in [4.69, 9.17) is 9.47 Å². The molecule has 35 heavy (non-hydrogen) atoms. The molecule has 0 bridgehead atoms. The molecule has 0 spiro atoms. The smallest absolute Gasteiger partial charge is 0.222 e. The summed E-state index contributed by atoms with van der Waals surface area (Å²) >= 11 is 0. The lowest BCUT2D eigenvalue weighted by Crippen LogP contribution is -2.09. The van der Waals surface area contributed by atoms with Gasteiger partial charge in [0.25, 0.3) is 0 Å². The van der Waals surface area contributed by atoms with Gasteiger partial charge in [0.05, 0.1) is 18.0 Å². The Morgan fingerprint density at radius 2 is 1.94 bits per heavy atom. The van der Waals surface area contributed by atoms with Crippen LogP contribution in [-0.2, 0) is 19.4 Å². The number of hydrogen-bond donors (Lipinski definition) is 2. The molecule has 4 heterocycles. The highest BCUT2D eigenvalue weighted by molar-refractivity contribution is 7.90. The van der Waals surface area contributed by atoms with E-state index >= 15 is 0 Å². The van der Waals surface area contributed by atoms with Crippen molar-refractivity contribution in [3.63, 3.8) is 0 Å². The van der Waals surface area contributed by atoms with Gasteiger partial charge in [-0.05, 0) is 6.07 Å². The Kier molecular flexibility index (Phi) is 6.89. The Morgan fingerprint density at radius 1 is 1.11 bits per heavy atom. The van der Waals surface area contributed by atoms with Crippen molar-refractivity contribution < 1.29 is 22.7 Å². The maximum Gasteiger partial charge on any atom is 0.222 e. The molecule has 0 aromatic carbocycles. The number of anilines is 3. The molecule has 4 aromatic rings. The van der Waals surface area contributed by atoms with Crippen molar-refractivity contribution in [3.05, 3.63) is 48.9 Å². The zero-order chi connectivity index (χ0) is 25.0. The molecule has 0 saturated heterocycles. The summed E-state index contributed by atoms with van der Waals surface area (Å²) in [6.45, 7) is 1.93. The fourth-order valence-corrected chi connectivity index (χ4v) is 3.77. The van der Waals surface area contributed by atoms with Crippen molar-refractivity contribution in [2.45, 2.75) is 11.9 Å². The van der Waals surface area contributed by atoms with Crippen molar-refractivity contribution in [2.24, 2.45) is 0 Å². The fourth-order valence-electron chi connectivity index (χ4n) is 3.17. The van der Waals surface area contributed by atoms with Crippen molar-refractivity contribution in [3.8, 4) is 17.0 Å². The molecule has 2 N–H and O–H groups in total. The first-order valence-electron chi connectivity index (χ1n) is 10.4. The zero-order valence-corrected chi connectivity index (χ0v) is 20.0. The second kappa shape index (κ2) is 10.0. The summed E-state index contributed by atoms with van der Waals surface area (Å²) in [6.07, 6.45) is 6.03. The van der Waals surface area contributed by atoms with E-state index in [0.29, 0.717) is 40.8 Å². The molecule has 182 valence electrons. The van der Waals surface area contributed by atoms with Gasteiger partial charge < -0.3 is 20.1 Å². The predicted octanol–water partition coefficient (Wildman–Crippen LogP) is 2.32. The molecule has 0 fully saturated rings. The molecule has 4 aromatic heterocycles. The number of aromatic nitrogens is 5. The first-order valence-corrected chi connectivity index (χ1v) is 12.3. The molecule has 4 rings (SSSR count). The Hall–Kier alpha value is -4.10. The summed E-state index contributed by atoms with van der Waals surface area (Å²) in [4.78, 5) is 24.4. The van der Waals surface area contributed by atoms with Gasteiger partial charge in [0, 0.05) is 68.7 Å². The highest BCUT2D eigenvalue weighted by atomic mass is 32.2. The van der Waals surface area contributed by atoms with Crippen LogP contribution in [0.3, 0.4) is 0 Å². The minimum Gasteiger partial charge on any atom is -0.491 e. The van der Waals surface area contributed by atoms with Crippen LogP contribution in [0.1, 0.15) is 6.92 Å². The molecular weight excluding hydrogens is 474 g/mol. The number of rotatable bonds is 9. The molecule has 12 nitrogen and oxygen atoms in total. The predicted molar refractivity (Wildman–Crippen MR) is 129 cm³/mol. The van der Waals surface area contributed by atoms with E-state index in [9.17, 15) is 13.2 Å². The van der Waals surface area contributed by atoms with Gasteiger partial charge in [-0.3, -0.25) is 4.79 Å². The lowest BCUT2D eigenvalue weighted by molar-refractivity contribution is -0.114. The van der Waals surface area contributed by atoms with Crippen molar-refractivity contribution in [1.82, 2.24) is 24.6 Å². The van der Waals surface area contributed by atoms with Gasteiger partial charge in [0.15, 0.2) is 20.5 Å². The maximum atomic E-state index is 12.2. The summed E-state index contributed by atoms with van der Waals surface area (Å²) in [5.74, 6) is 0.513. The van der Waals surface area contributed by atoms with Gasteiger partial charge in [-0.15, -0.1) is 0 Å². The monoisotopic (exact) mass is 497 g/mol. The van der Waals surface area contributed by atoms with Gasteiger partial charge in [0.1, 0.15) is 24.0 Å². The van der Waals surface area contributed by atoms with Crippen LogP contribution in [0.2, 0.25) is 0 Å². The summed E-state index contributed by atoms with van der Waals surface area (Å²) in [6, 6.07) is 8.05. The minimum atomic E-state index is -3.63. The Morgan fingerprint density at radius 3 is 2.66 bits per heavy atom. The van der Waals surface area contributed by atoms with Crippen LogP contribution in [0.4, 0.5) is 17.3 Å². The Balaban J connectivity index is 1.79. The first-order chi connectivity index (χ1) is 16.7. The van der Waals surface area contributed by atoms with Crippen LogP contribution < -0.4 is 15.4 Å². The number of hydrogen-bond acceptors (Lipinski definition) is 10. The number of ether oxygens (including phenoxy) is 2. The highest BCUT2D eigenvalue weighted by Crippen LogP contribution is 2.32. The second-order valence-corrected chi connectivity index (χ2v) is 9.48. The van der Waals surface area contributed by atoms with E-state index in [-0.39, 0.29) is 23.4 Å². The fraction of sp³-hybridized carbons (Fsp3) is 0.227. The molecule has 0 saturated carbocycles. The largest absolute Gasteiger partial charge is 0.491 e. The molecule has 0 aliphatic carbocycles. The normalized spacial score (nSPS) is 11.4. The molecule has 0 atom stereocenters. The third-order valence-corrected chi connectivity index (χ3v) is 5.66. The molecule has 0 radical (unpaired) electrons. The lowest BCUT2D eigenvalue weighted by atomic mass is 10.1. The number of fused-ring (bicyclic) bond motifs is 1. The number of carbonyl (C=O) groups is 1.